The Morgan fingerprint density at radius 2 is 1.33 bits per heavy atom. The van der Waals surface area contributed by atoms with E-state index in [-0.39, 0.29) is 0 Å². The first-order valence-corrected chi connectivity index (χ1v) is 6.37. The van der Waals surface area contributed by atoms with Gasteiger partial charge in [0.05, 0.1) is 11.1 Å². The maximum Gasteiger partial charge on any atom is 0.101 e. The van der Waals surface area contributed by atoms with E-state index in [9.17, 15) is 0 Å². The van der Waals surface area contributed by atoms with Crippen LogP contribution in [0.5, 0.6) is 0 Å². The molecule has 0 heterocycles. The zero-order valence-electron chi connectivity index (χ0n) is 11.9. The lowest BCUT2D eigenvalue weighted by atomic mass is 10.1. The molecule has 0 aliphatic heterocycles. The SMILES string of the molecule is CN(C)c1ccc(C#Cc2ccc(C#N)c(C#N)c2)cc1. The van der Waals surface area contributed by atoms with Crippen LogP contribution in [0.1, 0.15) is 22.3 Å². The molecule has 0 radical (unpaired) electrons. The van der Waals surface area contributed by atoms with Crippen LogP contribution in [0.2, 0.25) is 0 Å². The molecule has 0 bridgehead atoms. The van der Waals surface area contributed by atoms with Gasteiger partial charge in [-0.25, -0.2) is 0 Å². The van der Waals surface area contributed by atoms with Crippen molar-refractivity contribution in [2.24, 2.45) is 0 Å². The lowest BCUT2D eigenvalue weighted by Crippen LogP contribution is -2.07. The smallest absolute Gasteiger partial charge is 0.101 e. The summed E-state index contributed by atoms with van der Waals surface area (Å²) in [4.78, 5) is 2.02. The van der Waals surface area contributed by atoms with Gasteiger partial charge in [0.15, 0.2) is 0 Å². The van der Waals surface area contributed by atoms with Crippen LogP contribution in [0.25, 0.3) is 0 Å². The van der Waals surface area contributed by atoms with E-state index in [1.165, 1.54) is 0 Å². The zero-order valence-corrected chi connectivity index (χ0v) is 11.9. The van der Waals surface area contributed by atoms with Crippen molar-refractivity contribution in [3.8, 4) is 24.0 Å². The fourth-order valence-electron chi connectivity index (χ4n) is 1.80. The van der Waals surface area contributed by atoms with Gasteiger partial charge in [-0.05, 0) is 42.5 Å². The molecule has 0 aliphatic rings. The molecule has 21 heavy (non-hydrogen) atoms. The van der Waals surface area contributed by atoms with E-state index >= 15 is 0 Å². The van der Waals surface area contributed by atoms with Crippen LogP contribution >= 0.6 is 0 Å². The molecular weight excluding hydrogens is 258 g/mol. The average molecular weight is 271 g/mol. The van der Waals surface area contributed by atoms with Gasteiger partial charge in [0, 0.05) is 30.9 Å². The van der Waals surface area contributed by atoms with Crippen molar-refractivity contribution in [3.63, 3.8) is 0 Å². The molecule has 0 saturated heterocycles. The zero-order chi connectivity index (χ0) is 15.2. The van der Waals surface area contributed by atoms with Gasteiger partial charge in [0.25, 0.3) is 0 Å². The van der Waals surface area contributed by atoms with Crippen molar-refractivity contribution >= 4 is 5.69 Å². The number of benzene rings is 2. The Bertz CT molecular complexity index is 792. The van der Waals surface area contributed by atoms with Crippen molar-refractivity contribution in [1.82, 2.24) is 0 Å². The Kier molecular flexibility index (Phi) is 4.25. The van der Waals surface area contributed by atoms with Crippen molar-refractivity contribution in [2.75, 3.05) is 19.0 Å². The fourth-order valence-corrected chi connectivity index (χ4v) is 1.80. The van der Waals surface area contributed by atoms with Crippen LogP contribution in [0, 0.1) is 34.5 Å². The first-order valence-electron chi connectivity index (χ1n) is 6.37. The predicted octanol–water partition coefficient (Wildman–Crippen LogP) is 2.90. The second-order valence-electron chi connectivity index (χ2n) is 4.68. The molecule has 2 rings (SSSR count). The van der Waals surface area contributed by atoms with Gasteiger partial charge in [-0.3, -0.25) is 0 Å². The van der Waals surface area contributed by atoms with E-state index in [0.29, 0.717) is 11.1 Å². The minimum atomic E-state index is 0.354. The van der Waals surface area contributed by atoms with E-state index in [2.05, 4.69) is 11.8 Å². The minimum absolute atomic E-state index is 0.354. The number of nitrogens with zero attached hydrogens (tertiary/aromatic N) is 3. The molecule has 0 fully saturated rings. The highest BCUT2D eigenvalue weighted by Crippen LogP contribution is 2.12. The van der Waals surface area contributed by atoms with E-state index in [0.717, 1.165) is 16.8 Å². The first-order chi connectivity index (χ1) is 10.1. The summed E-state index contributed by atoms with van der Waals surface area (Å²) in [6.07, 6.45) is 0. The fraction of sp³-hybridized carbons (Fsp3) is 0.111. The molecule has 0 amide bonds. The van der Waals surface area contributed by atoms with E-state index in [1.54, 1.807) is 18.2 Å². The summed E-state index contributed by atoms with van der Waals surface area (Å²) in [6, 6.07) is 16.9. The van der Waals surface area contributed by atoms with E-state index in [4.69, 9.17) is 10.5 Å². The lowest BCUT2D eigenvalue weighted by Gasteiger charge is -2.11. The standard InChI is InChI=1S/C18H13N3/c1-21(2)18-9-6-14(7-10-18)3-4-15-5-8-16(12-19)17(11-15)13-20/h5-11H,1-2H3. The van der Waals surface area contributed by atoms with Gasteiger partial charge in [-0.1, -0.05) is 11.8 Å². The van der Waals surface area contributed by atoms with Crippen LogP contribution in [-0.2, 0) is 0 Å². The second-order valence-corrected chi connectivity index (χ2v) is 4.68. The summed E-state index contributed by atoms with van der Waals surface area (Å²) in [5.41, 5.74) is 3.47. The van der Waals surface area contributed by atoms with Gasteiger partial charge in [0.2, 0.25) is 0 Å². The number of nitriles is 2. The van der Waals surface area contributed by atoms with Crippen LogP contribution in [0.3, 0.4) is 0 Å². The summed E-state index contributed by atoms with van der Waals surface area (Å²) in [5.74, 6) is 6.07. The van der Waals surface area contributed by atoms with E-state index in [1.807, 2.05) is 55.4 Å². The van der Waals surface area contributed by atoms with Crippen molar-refractivity contribution in [3.05, 3.63) is 64.7 Å². The Balaban J connectivity index is 2.27. The molecule has 2 aromatic carbocycles. The Hall–Kier alpha value is -3.22. The quantitative estimate of drug-likeness (QED) is 0.749. The van der Waals surface area contributed by atoms with Gasteiger partial charge in [0.1, 0.15) is 12.1 Å². The number of hydrogen-bond acceptors (Lipinski definition) is 3. The molecular formula is C18H13N3. The van der Waals surface area contributed by atoms with Crippen molar-refractivity contribution in [1.29, 1.82) is 10.5 Å². The number of anilines is 1. The number of hydrogen-bond donors (Lipinski definition) is 0. The summed E-state index contributed by atoms with van der Waals surface area (Å²) >= 11 is 0. The minimum Gasteiger partial charge on any atom is -0.378 e. The maximum atomic E-state index is 8.99. The monoisotopic (exact) mass is 271 g/mol. The molecule has 0 spiro atoms. The maximum absolute atomic E-state index is 8.99. The molecule has 3 nitrogen and oxygen atoms in total. The molecule has 0 aliphatic carbocycles. The molecule has 0 N–H and O–H groups in total. The summed E-state index contributed by atoms with van der Waals surface area (Å²) in [7, 11) is 3.97. The van der Waals surface area contributed by atoms with Crippen LogP contribution in [0.15, 0.2) is 42.5 Å². The van der Waals surface area contributed by atoms with Crippen molar-refractivity contribution < 1.29 is 0 Å². The summed E-state index contributed by atoms with van der Waals surface area (Å²) in [6.45, 7) is 0. The average Bonchev–Trinajstić information content (AvgIpc) is 2.52. The second kappa shape index (κ2) is 6.29. The molecule has 3 heteroatoms. The lowest BCUT2D eigenvalue weighted by molar-refractivity contribution is 1.13. The Labute approximate surface area is 124 Å². The van der Waals surface area contributed by atoms with Gasteiger partial charge in [-0.15, -0.1) is 0 Å². The van der Waals surface area contributed by atoms with Crippen LogP contribution in [-0.4, -0.2) is 14.1 Å². The third-order valence-corrected chi connectivity index (χ3v) is 3.00. The van der Waals surface area contributed by atoms with Crippen LogP contribution in [0.4, 0.5) is 5.69 Å². The number of rotatable bonds is 1. The molecule has 0 atom stereocenters. The highest BCUT2D eigenvalue weighted by molar-refractivity contribution is 5.54. The highest BCUT2D eigenvalue weighted by Gasteiger charge is 2.01. The molecule has 0 saturated carbocycles. The summed E-state index contributed by atoms with van der Waals surface area (Å²) < 4.78 is 0. The molecule has 2 aromatic rings. The van der Waals surface area contributed by atoms with Crippen molar-refractivity contribution in [2.45, 2.75) is 0 Å². The third kappa shape index (κ3) is 3.41. The molecule has 0 aromatic heterocycles. The molecule has 100 valence electrons. The normalized spacial score (nSPS) is 8.95. The summed E-state index contributed by atoms with van der Waals surface area (Å²) in [5, 5.41) is 17.9. The largest absolute Gasteiger partial charge is 0.378 e. The highest BCUT2D eigenvalue weighted by atomic mass is 15.1. The topological polar surface area (TPSA) is 50.8 Å². The Morgan fingerprint density at radius 1 is 0.762 bits per heavy atom. The van der Waals surface area contributed by atoms with Gasteiger partial charge in [-0.2, -0.15) is 10.5 Å². The van der Waals surface area contributed by atoms with Gasteiger partial charge >= 0.3 is 0 Å². The third-order valence-electron chi connectivity index (χ3n) is 3.00. The van der Waals surface area contributed by atoms with Crippen LogP contribution < -0.4 is 4.90 Å². The molecule has 0 unspecified atom stereocenters. The predicted molar refractivity (Wildman–Crippen MR) is 82.6 cm³/mol. The van der Waals surface area contributed by atoms with Gasteiger partial charge < -0.3 is 4.90 Å². The van der Waals surface area contributed by atoms with E-state index < -0.39 is 0 Å². The Morgan fingerprint density at radius 3 is 1.90 bits per heavy atom. The first kappa shape index (κ1) is 14.2.